The molecule has 0 spiro atoms. The second-order valence-corrected chi connectivity index (χ2v) is 6.96. The molecule has 3 rings (SSSR count). The van der Waals surface area contributed by atoms with Gasteiger partial charge < -0.3 is 5.11 Å². The summed E-state index contributed by atoms with van der Waals surface area (Å²) in [7, 11) is 0. The normalized spacial score (nSPS) is 25.5. The minimum absolute atomic E-state index is 0.118. The van der Waals surface area contributed by atoms with E-state index in [1.807, 2.05) is 32.0 Å². The molecule has 2 heterocycles. The van der Waals surface area contributed by atoms with Crippen molar-refractivity contribution in [1.82, 2.24) is 4.90 Å². The standard InChI is InChI=1S/C19H26N2O3/c1-13-6-7-16(11-14(13)2)21-18(23)12-17(19(21)24)20-9-4-3-5-15(20)8-10-22/h6-7,11,15,17,22H,3-5,8-10,12H2,1-2H3/t15-,17+/m1/s1. The number of piperidine rings is 1. The van der Waals surface area contributed by atoms with E-state index in [0.717, 1.165) is 36.9 Å². The first-order chi connectivity index (χ1) is 11.5. The van der Waals surface area contributed by atoms with Crippen LogP contribution in [0.15, 0.2) is 18.2 Å². The van der Waals surface area contributed by atoms with Crippen molar-refractivity contribution in [2.45, 2.75) is 58.0 Å². The number of aryl methyl sites for hydroxylation is 2. The second kappa shape index (κ2) is 7.03. The van der Waals surface area contributed by atoms with Gasteiger partial charge in [-0.3, -0.25) is 14.5 Å². The van der Waals surface area contributed by atoms with Gasteiger partial charge in [-0.15, -0.1) is 0 Å². The number of rotatable bonds is 4. The van der Waals surface area contributed by atoms with Crippen LogP contribution in [0.2, 0.25) is 0 Å². The lowest BCUT2D eigenvalue weighted by Gasteiger charge is -2.38. The molecule has 24 heavy (non-hydrogen) atoms. The van der Waals surface area contributed by atoms with Crippen LogP contribution in [0.4, 0.5) is 5.69 Å². The highest BCUT2D eigenvalue weighted by atomic mass is 16.3. The molecule has 0 aliphatic carbocycles. The van der Waals surface area contributed by atoms with Crippen LogP contribution in [0.5, 0.6) is 0 Å². The van der Waals surface area contributed by atoms with Crippen LogP contribution in [0.3, 0.4) is 0 Å². The molecule has 2 amide bonds. The van der Waals surface area contributed by atoms with Crippen molar-refractivity contribution in [2.75, 3.05) is 18.1 Å². The number of likely N-dealkylation sites (tertiary alicyclic amines) is 1. The number of amides is 2. The Kier molecular flexibility index (Phi) is 5.01. The number of imide groups is 1. The first kappa shape index (κ1) is 17.1. The van der Waals surface area contributed by atoms with Gasteiger partial charge in [0.25, 0.3) is 5.91 Å². The number of nitrogens with zero attached hydrogens (tertiary/aromatic N) is 2. The summed E-state index contributed by atoms with van der Waals surface area (Å²) in [4.78, 5) is 29.0. The molecule has 1 N–H and O–H groups in total. The fourth-order valence-electron chi connectivity index (χ4n) is 3.90. The molecular weight excluding hydrogens is 304 g/mol. The van der Waals surface area contributed by atoms with Crippen molar-refractivity contribution in [3.63, 3.8) is 0 Å². The maximum atomic E-state index is 13.0. The summed E-state index contributed by atoms with van der Waals surface area (Å²) in [5.41, 5.74) is 2.90. The summed E-state index contributed by atoms with van der Waals surface area (Å²) in [6.45, 7) is 4.96. The highest BCUT2D eigenvalue weighted by molar-refractivity contribution is 6.22. The van der Waals surface area contributed by atoms with Crippen LogP contribution in [0.1, 0.15) is 43.2 Å². The average molecular weight is 330 g/mol. The molecule has 2 aliphatic heterocycles. The Morgan fingerprint density at radius 1 is 1.17 bits per heavy atom. The number of aliphatic hydroxyl groups excluding tert-OH is 1. The van der Waals surface area contributed by atoms with E-state index in [2.05, 4.69) is 4.90 Å². The van der Waals surface area contributed by atoms with Crippen molar-refractivity contribution in [2.24, 2.45) is 0 Å². The zero-order valence-corrected chi connectivity index (χ0v) is 14.5. The van der Waals surface area contributed by atoms with Gasteiger partial charge in [0.05, 0.1) is 18.2 Å². The number of carbonyl (C=O) groups is 2. The predicted molar refractivity (Wildman–Crippen MR) is 92.9 cm³/mol. The lowest BCUT2D eigenvalue weighted by molar-refractivity contribution is -0.123. The topological polar surface area (TPSA) is 60.9 Å². The molecule has 0 aromatic heterocycles. The maximum absolute atomic E-state index is 13.0. The summed E-state index contributed by atoms with van der Waals surface area (Å²) >= 11 is 0. The Balaban J connectivity index is 1.84. The second-order valence-electron chi connectivity index (χ2n) is 6.96. The highest BCUT2D eigenvalue weighted by Crippen LogP contribution is 2.31. The van der Waals surface area contributed by atoms with Crippen molar-refractivity contribution < 1.29 is 14.7 Å². The fourth-order valence-corrected chi connectivity index (χ4v) is 3.90. The van der Waals surface area contributed by atoms with Crippen molar-refractivity contribution in [3.05, 3.63) is 29.3 Å². The van der Waals surface area contributed by atoms with Gasteiger partial charge >= 0.3 is 0 Å². The van der Waals surface area contributed by atoms with Gasteiger partial charge in [-0.05, 0) is 62.9 Å². The predicted octanol–water partition coefficient (Wildman–Crippen LogP) is 2.17. The quantitative estimate of drug-likeness (QED) is 0.860. The summed E-state index contributed by atoms with van der Waals surface area (Å²) in [6, 6.07) is 5.53. The first-order valence-electron chi connectivity index (χ1n) is 8.83. The third-order valence-corrected chi connectivity index (χ3v) is 5.41. The molecule has 2 fully saturated rings. The van der Waals surface area contributed by atoms with Gasteiger partial charge in [-0.25, -0.2) is 4.90 Å². The van der Waals surface area contributed by atoms with Crippen LogP contribution >= 0.6 is 0 Å². The monoisotopic (exact) mass is 330 g/mol. The van der Waals surface area contributed by atoms with E-state index in [0.29, 0.717) is 12.1 Å². The number of hydrogen-bond donors (Lipinski definition) is 1. The molecule has 2 saturated heterocycles. The van der Waals surface area contributed by atoms with E-state index >= 15 is 0 Å². The molecule has 0 unspecified atom stereocenters. The lowest BCUT2D eigenvalue weighted by atomic mass is 9.97. The van der Waals surface area contributed by atoms with Crippen molar-refractivity contribution in [1.29, 1.82) is 0 Å². The number of carbonyl (C=O) groups excluding carboxylic acids is 2. The number of aliphatic hydroxyl groups is 1. The third-order valence-electron chi connectivity index (χ3n) is 5.41. The Morgan fingerprint density at radius 2 is 1.96 bits per heavy atom. The van der Waals surface area contributed by atoms with Crippen molar-refractivity contribution >= 4 is 17.5 Å². The molecule has 1 aromatic rings. The molecule has 2 atom stereocenters. The van der Waals surface area contributed by atoms with Crippen LogP contribution in [0.25, 0.3) is 0 Å². The van der Waals surface area contributed by atoms with E-state index in [1.54, 1.807) is 0 Å². The van der Waals surface area contributed by atoms with Gasteiger partial charge in [0.1, 0.15) is 0 Å². The smallest absolute Gasteiger partial charge is 0.251 e. The third kappa shape index (κ3) is 3.10. The van der Waals surface area contributed by atoms with E-state index in [1.165, 1.54) is 4.90 Å². The van der Waals surface area contributed by atoms with Gasteiger partial charge in [-0.1, -0.05) is 12.5 Å². The van der Waals surface area contributed by atoms with Gasteiger partial charge in [-0.2, -0.15) is 0 Å². The number of hydrogen-bond acceptors (Lipinski definition) is 4. The Hall–Kier alpha value is -1.72. The molecular formula is C19H26N2O3. The maximum Gasteiger partial charge on any atom is 0.251 e. The van der Waals surface area contributed by atoms with Gasteiger partial charge in [0.15, 0.2) is 0 Å². The van der Waals surface area contributed by atoms with Gasteiger partial charge in [0, 0.05) is 12.6 Å². The van der Waals surface area contributed by atoms with Crippen LogP contribution < -0.4 is 4.90 Å². The zero-order valence-electron chi connectivity index (χ0n) is 14.5. The molecule has 1 aromatic carbocycles. The summed E-state index contributed by atoms with van der Waals surface area (Å²) in [5, 5.41) is 9.29. The number of benzene rings is 1. The Labute approximate surface area is 143 Å². The fraction of sp³-hybridized carbons (Fsp3) is 0.579. The van der Waals surface area contributed by atoms with Crippen LogP contribution in [-0.2, 0) is 9.59 Å². The van der Waals surface area contributed by atoms with Crippen LogP contribution in [-0.4, -0.2) is 47.1 Å². The molecule has 0 saturated carbocycles. The molecule has 0 radical (unpaired) electrons. The molecule has 0 bridgehead atoms. The SMILES string of the molecule is Cc1ccc(N2C(=O)C[C@H](N3CCCC[C@@H]3CCO)C2=O)cc1C. The lowest BCUT2D eigenvalue weighted by Crippen LogP contribution is -2.50. The summed E-state index contributed by atoms with van der Waals surface area (Å²) < 4.78 is 0. The van der Waals surface area contributed by atoms with E-state index in [4.69, 9.17) is 0 Å². The highest BCUT2D eigenvalue weighted by Gasteiger charge is 2.44. The molecule has 2 aliphatic rings. The first-order valence-corrected chi connectivity index (χ1v) is 8.83. The Bertz CT molecular complexity index is 641. The molecule has 5 nitrogen and oxygen atoms in total. The average Bonchev–Trinajstić information content (AvgIpc) is 2.86. The van der Waals surface area contributed by atoms with Crippen LogP contribution in [0, 0.1) is 13.8 Å². The largest absolute Gasteiger partial charge is 0.396 e. The van der Waals surface area contributed by atoms with E-state index in [9.17, 15) is 14.7 Å². The Morgan fingerprint density at radius 3 is 2.67 bits per heavy atom. The summed E-state index contributed by atoms with van der Waals surface area (Å²) in [6.07, 6.45) is 4.07. The molecule has 130 valence electrons. The van der Waals surface area contributed by atoms with E-state index in [-0.39, 0.29) is 36.9 Å². The zero-order chi connectivity index (χ0) is 17.3. The molecule has 5 heteroatoms. The van der Waals surface area contributed by atoms with Crippen molar-refractivity contribution in [3.8, 4) is 0 Å². The van der Waals surface area contributed by atoms with Gasteiger partial charge in [0.2, 0.25) is 5.91 Å². The number of anilines is 1. The minimum Gasteiger partial charge on any atom is -0.396 e. The minimum atomic E-state index is -0.379. The summed E-state index contributed by atoms with van der Waals surface area (Å²) in [5.74, 6) is -0.241. The van der Waals surface area contributed by atoms with E-state index < -0.39 is 0 Å².